The summed E-state index contributed by atoms with van der Waals surface area (Å²) in [6, 6.07) is 10.5. The number of H-pyrrole nitrogens is 1. The van der Waals surface area contributed by atoms with Crippen molar-refractivity contribution < 1.29 is 23.8 Å². The molecule has 3 aromatic rings. The number of ketones is 1. The summed E-state index contributed by atoms with van der Waals surface area (Å²) in [6.45, 7) is 1.71. The Balaban J connectivity index is 1.75. The molecule has 1 aromatic heterocycles. The van der Waals surface area contributed by atoms with Gasteiger partial charge in [0, 0.05) is 28.7 Å². The van der Waals surface area contributed by atoms with Gasteiger partial charge >= 0.3 is 5.97 Å². The number of fused-ring (bicyclic) bond motifs is 1. The van der Waals surface area contributed by atoms with E-state index < -0.39 is 5.97 Å². The number of ether oxygens (including phenoxy) is 3. The van der Waals surface area contributed by atoms with Gasteiger partial charge in [-0.15, -0.1) is 0 Å². The highest BCUT2D eigenvalue weighted by Crippen LogP contribution is 2.24. The van der Waals surface area contributed by atoms with Crippen LogP contribution in [-0.4, -0.2) is 37.6 Å². The lowest BCUT2D eigenvalue weighted by atomic mass is 10.1. The number of para-hydroxylation sites is 1. The smallest absolute Gasteiger partial charge is 0.338 e. The van der Waals surface area contributed by atoms with Crippen LogP contribution in [0.3, 0.4) is 0 Å². The summed E-state index contributed by atoms with van der Waals surface area (Å²) in [6.07, 6.45) is 2.52. The lowest BCUT2D eigenvalue weighted by molar-refractivity contribution is 0.0474. The number of Topliss-reactive ketones (excluding diaryl/α,β-unsaturated/α-hetero) is 1. The Labute approximate surface area is 157 Å². The minimum absolute atomic E-state index is 0.256. The molecule has 1 N–H and O–H groups in total. The molecule has 0 saturated heterocycles. The van der Waals surface area contributed by atoms with Crippen molar-refractivity contribution in [2.24, 2.45) is 0 Å². The van der Waals surface area contributed by atoms with Crippen molar-refractivity contribution in [2.75, 3.05) is 20.8 Å². The first kappa shape index (κ1) is 18.5. The third-order valence-electron chi connectivity index (χ3n) is 4.40. The molecule has 6 heteroatoms. The van der Waals surface area contributed by atoms with E-state index in [1.165, 1.54) is 26.4 Å². The number of hydrogen-bond donors (Lipinski definition) is 1. The SMILES string of the molecule is CCc1cccc2c(C(=O)COC(=O)c3cc(OC)cc(OC)c3)c[nH]c12. The Morgan fingerprint density at radius 3 is 2.37 bits per heavy atom. The van der Waals surface area contributed by atoms with Crippen LogP contribution in [0.25, 0.3) is 10.9 Å². The third-order valence-corrected chi connectivity index (χ3v) is 4.40. The molecule has 0 aliphatic rings. The lowest BCUT2D eigenvalue weighted by Gasteiger charge is -2.08. The second kappa shape index (κ2) is 7.95. The van der Waals surface area contributed by atoms with Crippen molar-refractivity contribution in [3.05, 3.63) is 59.3 Å². The summed E-state index contributed by atoms with van der Waals surface area (Å²) in [7, 11) is 2.99. The normalized spacial score (nSPS) is 10.6. The molecule has 0 spiro atoms. The maximum atomic E-state index is 12.6. The Bertz CT molecular complexity index is 967. The maximum absolute atomic E-state index is 12.6. The van der Waals surface area contributed by atoms with Gasteiger partial charge in [0.05, 0.1) is 19.8 Å². The maximum Gasteiger partial charge on any atom is 0.338 e. The Hall–Kier alpha value is -3.28. The highest BCUT2D eigenvalue weighted by molar-refractivity contribution is 6.09. The fourth-order valence-corrected chi connectivity index (χ4v) is 2.96. The van der Waals surface area contributed by atoms with Crippen molar-refractivity contribution >= 4 is 22.7 Å². The zero-order chi connectivity index (χ0) is 19.4. The molecule has 0 aliphatic heterocycles. The van der Waals surface area contributed by atoms with Crippen molar-refractivity contribution in [1.82, 2.24) is 4.98 Å². The van der Waals surface area contributed by atoms with E-state index in [9.17, 15) is 9.59 Å². The van der Waals surface area contributed by atoms with Crippen LogP contribution in [0.2, 0.25) is 0 Å². The molecular weight excluding hydrogens is 346 g/mol. The van der Waals surface area contributed by atoms with E-state index in [0.717, 1.165) is 22.9 Å². The Morgan fingerprint density at radius 1 is 1.04 bits per heavy atom. The number of rotatable bonds is 7. The van der Waals surface area contributed by atoms with Gasteiger partial charge in [-0.05, 0) is 24.1 Å². The average Bonchev–Trinajstić information content (AvgIpc) is 3.15. The van der Waals surface area contributed by atoms with Gasteiger partial charge in [-0.1, -0.05) is 25.1 Å². The van der Waals surface area contributed by atoms with Crippen molar-refractivity contribution in [2.45, 2.75) is 13.3 Å². The van der Waals surface area contributed by atoms with Crippen LogP contribution in [0.1, 0.15) is 33.2 Å². The number of aryl methyl sites for hydroxylation is 1. The second-order valence-corrected chi connectivity index (χ2v) is 6.00. The topological polar surface area (TPSA) is 77.6 Å². The zero-order valence-corrected chi connectivity index (χ0v) is 15.5. The molecule has 0 radical (unpaired) electrons. The first-order chi connectivity index (χ1) is 13.1. The van der Waals surface area contributed by atoms with Crippen LogP contribution in [-0.2, 0) is 11.2 Å². The molecule has 1 heterocycles. The monoisotopic (exact) mass is 367 g/mol. The number of aromatic nitrogens is 1. The summed E-state index contributed by atoms with van der Waals surface area (Å²) in [5, 5.41) is 0.832. The Kier molecular flexibility index (Phi) is 5.45. The second-order valence-electron chi connectivity index (χ2n) is 6.00. The number of aromatic amines is 1. The largest absolute Gasteiger partial charge is 0.497 e. The fourth-order valence-electron chi connectivity index (χ4n) is 2.96. The molecule has 0 unspecified atom stereocenters. The number of carbonyl (C=O) groups is 2. The van der Waals surface area contributed by atoms with Crippen LogP contribution in [0, 0.1) is 0 Å². The summed E-state index contributed by atoms with van der Waals surface area (Å²) in [5.41, 5.74) is 2.83. The number of carbonyl (C=O) groups excluding carboxylic acids is 2. The molecule has 6 nitrogen and oxygen atoms in total. The number of nitrogens with one attached hydrogen (secondary N) is 1. The quantitative estimate of drug-likeness (QED) is 0.508. The lowest BCUT2D eigenvalue weighted by Crippen LogP contribution is -2.14. The van der Waals surface area contributed by atoms with Crippen molar-refractivity contribution in [3.8, 4) is 11.5 Å². The molecule has 3 rings (SSSR count). The van der Waals surface area contributed by atoms with Gasteiger partial charge in [0.15, 0.2) is 6.61 Å². The molecule has 0 fully saturated rings. The van der Waals surface area contributed by atoms with Crippen LogP contribution in [0.4, 0.5) is 0 Å². The molecule has 2 aromatic carbocycles. The van der Waals surface area contributed by atoms with Crippen molar-refractivity contribution in [3.63, 3.8) is 0 Å². The van der Waals surface area contributed by atoms with E-state index in [2.05, 4.69) is 11.9 Å². The summed E-state index contributed by atoms with van der Waals surface area (Å²) in [4.78, 5) is 28.0. The minimum atomic E-state index is -0.616. The van der Waals surface area contributed by atoms with Gasteiger partial charge in [-0.3, -0.25) is 4.79 Å². The summed E-state index contributed by atoms with van der Waals surface area (Å²) < 4.78 is 15.5. The first-order valence-corrected chi connectivity index (χ1v) is 8.59. The molecule has 0 atom stereocenters. The van der Waals surface area contributed by atoms with Gasteiger partial charge in [-0.2, -0.15) is 0 Å². The number of esters is 1. The average molecular weight is 367 g/mol. The molecule has 0 amide bonds. The highest BCUT2D eigenvalue weighted by Gasteiger charge is 2.17. The summed E-state index contributed by atoms with van der Waals surface area (Å²) in [5.74, 6) is 0.0556. The number of hydrogen-bond acceptors (Lipinski definition) is 5. The predicted octanol–water partition coefficient (Wildman–Crippen LogP) is 3.79. The summed E-state index contributed by atoms with van der Waals surface area (Å²) >= 11 is 0. The van der Waals surface area contributed by atoms with E-state index >= 15 is 0 Å². The first-order valence-electron chi connectivity index (χ1n) is 8.59. The fraction of sp³-hybridized carbons (Fsp3) is 0.238. The molecular formula is C21H21NO5. The van der Waals surface area contributed by atoms with E-state index in [0.29, 0.717) is 17.1 Å². The van der Waals surface area contributed by atoms with Gasteiger partial charge in [0.2, 0.25) is 5.78 Å². The molecule has 0 aliphatic carbocycles. The standard InChI is InChI=1S/C21H21NO5/c1-4-13-6-5-7-17-18(11-22-20(13)17)19(23)12-27-21(24)14-8-15(25-2)10-16(9-14)26-3/h5-11,22H,4,12H2,1-3H3. The zero-order valence-electron chi connectivity index (χ0n) is 15.5. The number of methoxy groups -OCH3 is 2. The number of benzene rings is 2. The van der Waals surface area contributed by atoms with Crippen LogP contribution in [0.15, 0.2) is 42.6 Å². The van der Waals surface area contributed by atoms with Crippen LogP contribution in [0.5, 0.6) is 11.5 Å². The van der Waals surface area contributed by atoms with Crippen LogP contribution < -0.4 is 9.47 Å². The van der Waals surface area contributed by atoms with E-state index in [4.69, 9.17) is 14.2 Å². The molecule has 27 heavy (non-hydrogen) atoms. The van der Waals surface area contributed by atoms with Gasteiger partial charge in [-0.25, -0.2) is 4.79 Å². The van der Waals surface area contributed by atoms with E-state index in [-0.39, 0.29) is 18.0 Å². The van der Waals surface area contributed by atoms with Gasteiger partial charge in [0.1, 0.15) is 11.5 Å². The molecule has 0 bridgehead atoms. The third kappa shape index (κ3) is 3.79. The molecule has 140 valence electrons. The van der Waals surface area contributed by atoms with Gasteiger partial charge in [0.25, 0.3) is 0 Å². The molecule has 0 saturated carbocycles. The van der Waals surface area contributed by atoms with E-state index in [1.54, 1.807) is 12.3 Å². The predicted molar refractivity (Wildman–Crippen MR) is 102 cm³/mol. The van der Waals surface area contributed by atoms with Gasteiger partial charge < -0.3 is 19.2 Å². The Morgan fingerprint density at radius 2 is 1.74 bits per heavy atom. The minimum Gasteiger partial charge on any atom is -0.497 e. The van der Waals surface area contributed by atoms with E-state index in [1.807, 2.05) is 18.2 Å². The van der Waals surface area contributed by atoms with Crippen molar-refractivity contribution in [1.29, 1.82) is 0 Å². The van der Waals surface area contributed by atoms with Crippen LogP contribution >= 0.6 is 0 Å². The highest BCUT2D eigenvalue weighted by atomic mass is 16.5.